The molecule has 10 nitrogen and oxygen atoms in total. The number of carbonyl (C=O) groups excluding carboxylic acids is 1. The average Bonchev–Trinajstić information content (AvgIpc) is 3.49. The van der Waals surface area contributed by atoms with Crippen molar-refractivity contribution >= 4 is 23.2 Å². The van der Waals surface area contributed by atoms with E-state index in [9.17, 15) is 4.79 Å². The number of hydrogen-bond acceptors (Lipinski definition) is 8. The molecule has 0 spiro atoms. The van der Waals surface area contributed by atoms with E-state index in [2.05, 4.69) is 43.4 Å². The molecule has 2 aromatic rings. The maximum Gasteiger partial charge on any atom is 0.320 e. The quantitative estimate of drug-likeness (QED) is 0.625. The minimum absolute atomic E-state index is 0.112. The fourth-order valence-corrected chi connectivity index (χ4v) is 4.63. The molecule has 0 aromatic carbocycles. The van der Waals surface area contributed by atoms with E-state index >= 15 is 0 Å². The summed E-state index contributed by atoms with van der Waals surface area (Å²) in [5.41, 5.74) is 7.97. The van der Waals surface area contributed by atoms with E-state index in [0.717, 1.165) is 13.0 Å². The lowest BCUT2D eigenvalue weighted by molar-refractivity contribution is -0.115. The summed E-state index contributed by atoms with van der Waals surface area (Å²) >= 11 is 0. The largest absolute Gasteiger partial charge is 0.461 e. The van der Waals surface area contributed by atoms with Crippen molar-refractivity contribution in [1.82, 2.24) is 24.4 Å². The number of imidazole rings is 1. The molecule has 1 saturated heterocycles. The molecule has 3 N–H and O–H groups in total. The van der Waals surface area contributed by atoms with Crippen LogP contribution < -0.4 is 20.7 Å². The van der Waals surface area contributed by atoms with Gasteiger partial charge in [-0.05, 0) is 43.8 Å². The van der Waals surface area contributed by atoms with Crippen molar-refractivity contribution in [2.45, 2.75) is 25.8 Å². The van der Waals surface area contributed by atoms with E-state index in [1.54, 1.807) is 12.5 Å². The highest BCUT2D eigenvalue weighted by Crippen LogP contribution is 2.34. The number of aromatic nitrogens is 4. The maximum absolute atomic E-state index is 12.4. The molecule has 10 heteroatoms. The highest BCUT2D eigenvalue weighted by atomic mass is 16.5. The van der Waals surface area contributed by atoms with Gasteiger partial charge in [0.15, 0.2) is 11.6 Å². The molecule has 1 amide bonds. The Bertz CT molecular complexity index is 1040. The lowest BCUT2D eigenvalue weighted by Crippen LogP contribution is -2.42. The van der Waals surface area contributed by atoms with Crippen molar-refractivity contribution in [3.8, 4) is 6.01 Å². The van der Waals surface area contributed by atoms with Crippen LogP contribution in [0.15, 0.2) is 42.5 Å². The SMILES string of the molecule is Nc1nc(OCCn2ccnc2)nc2c1NC(=O)CN2CC1C=C(CN2CCCC2)C=CC1. The minimum Gasteiger partial charge on any atom is -0.461 e. The van der Waals surface area contributed by atoms with Crippen LogP contribution in [0.25, 0.3) is 0 Å². The van der Waals surface area contributed by atoms with Crippen LogP contribution in [0.4, 0.5) is 17.3 Å². The zero-order chi connectivity index (χ0) is 22.6. The van der Waals surface area contributed by atoms with Crippen molar-refractivity contribution in [3.63, 3.8) is 0 Å². The summed E-state index contributed by atoms with van der Waals surface area (Å²) in [5.74, 6) is 1.01. The van der Waals surface area contributed by atoms with E-state index in [1.807, 2.05) is 15.7 Å². The summed E-state index contributed by atoms with van der Waals surface area (Å²) in [5, 5.41) is 2.82. The van der Waals surface area contributed by atoms with Crippen LogP contribution >= 0.6 is 0 Å². The Morgan fingerprint density at radius 2 is 2.12 bits per heavy atom. The molecule has 1 unspecified atom stereocenters. The third-order valence-corrected chi connectivity index (χ3v) is 6.22. The number of rotatable bonds is 8. The summed E-state index contributed by atoms with van der Waals surface area (Å²) in [6.07, 6.45) is 15.6. The lowest BCUT2D eigenvalue weighted by Gasteiger charge is -2.33. The highest BCUT2D eigenvalue weighted by molar-refractivity contribution is 6.03. The number of allylic oxidation sites excluding steroid dienone is 1. The number of anilines is 3. The first-order valence-electron chi connectivity index (χ1n) is 11.5. The molecule has 1 fully saturated rings. The summed E-state index contributed by atoms with van der Waals surface area (Å²) in [6, 6.07) is 0.210. The third kappa shape index (κ3) is 5.16. The van der Waals surface area contributed by atoms with Crippen LogP contribution in [0.1, 0.15) is 19.3 Å². The lowest BCUT2D eigenvalue weighted by atomic mass is 9.95. The molecular formula is C23H30N8O2. The van der Waals surface area contributed by atoms with Crippen molar-refractivity contribution in [1.29, 1.82) is 0 Å². The molecule has 1 atom stereocenters. The van der Waals surface area contributed by atoms with Gasteiger partial charge in [0, 0.05) is 25.5 Å². The van der Waals surface area contributed by atoms with Crippen LogP contribution in [0.5, 0.6) is 6.01 Å². The highest BCUT2D eigenvalue weighted by Gasteiger charge is 2.29. The van der Waals surface area contributed by atoms with Gasteiger partial charge < -0.3 is 25.3 Å². The number of carbonyl (C=O) groups is 1. The molecule has 33 heavy (non-hydrogen) atoms. The number of likely N-dealkylation sites (tertiary alicyclic amines) is 1. The van der Waals surface area contributed by atoms with Crippen LogP contribution in [0.2, 0.25) is 0 Å². The van der Waals surface area contributed by atoms with Crippen molar-refractivity contribution in [2.24, 2.45) is 5.92 Å². The molecule has 3 aliphatic rings. The van der Waals surface area contributed by atoms with E-state index in [0.29, 0.717) is 37.1 Å². The summed E-state index contributed by atoms with van der Waals surface area (Å²) < 4.78 is 7.68. The Morgan fingerprint density at radius 3 is 2.94 bits per heavy atom. The van der Waals surface area contributed by atoms with Crippen LogP contribution in [-0.2, 0) is 11.3 Å². The topological polar surface area (TPSA) is 114 Å². The van der Waals surface area contributed by atoms with E-state index in [4.69, 9.17) is 10.5 Å². The number of hydrogen-bond donors (Lipinski definition) is 2. The van der Waals surface area contributed by atoms with Crippen molar-refractivity contribution in [3.05, 3.63) is 42.5 Å². The monoisotopic (exact) mass is 450 g/mol. The summed E-state index contributed by atoms with van der Waals surface area (Å²) in [4.78, 5) is 29.7. The summed E-state index contributed by atoms with van der Waals surface area (Å²) in [6.45, 7) is 5.27. The van der Waals surface area contributed by atoms with E-state index in [1.165, 1.54) is 31.5 Å². The third-order valence-electron chi connectivity index (χ3n) is 6.22. The normalized spacial score (nSPS) is 20.5. The Balaban J connectivity index is 1.29. The fourth-order valence-electron chi connectivity index (χ4n) is 4.63. The standard InChI is InChI=1S/C23H30N8O2/c24-21-20-22(28-23(27-21)33-11-10-30-9-6-25-16-30)31(15-19(32)26-20)14-18-5-3-4-17(12-18)13-29-7-1-2-8-29/h3-4,6,9,12,16,18H,1-2,5,7-8,10-11,13-15H2,(H,26,32)(H2,24,27,28). The van der Waals surface area contributed by atoms with Gasteiger partial charge in [0.1, 0.15) is 12.3 Å². The first-order valence-corrected chi connectivity index (χ1v) is 11.5. The van der Waals surface area contributed by atoms with Gasteiger partial charge in [-0.15, -0.1) is 0 Å². The van der Waals surface area contributed by atoms with Gasteiger partial charge in [-0.2, -0.15) is 9.97 Å². The first kappa shape index (κ1) is 21.4. The predicted molar refractivity (Wildman–Crippen MR) is 126 cm³/mol. The second-order valence-electron chi connectivity index (χ2n) is 8.79. The molecule has 2 aromatic heterocycles. The number of nitrogens with two attached hydrogens (primary N) is 1. The molecule has 1 aliphatic carbocycles. The van der Waals surface area contributed by atoms with Gasteiger partial charge in [0.2, 0.25) is 5.91 Å². The first-order chi connectivity index (χ1) is 16.1. The number of ether oxygens (including phenoxy) is 1. The molecule has 5 rings (SSSR count). The fraction of sp³-hybridized carbons (Fsp3) is 0.478. The van der Waals surface area contributed by atoms with Crippen molar-refractivity contribution in [2.75, 3.05) is 55.3 Å². The number of nitrogens with one attached hydrogen (secondary N) is 1. The van der Waals surface area contributed by atoms with Gasteiger partial charge in [-0.1, -0.05) is 18.2 Å². The smallest absolute Gasteiger partial charge is 0.320 e. The van der Waals surface area contributed by atoms with Gasteiger partial charge in [-0.3, -0.25) is 9.69 Å². The molecule has 0 bridgehead atoms. The molecule has 2 aliphatic heterocycles. The maximum atomic E-state index is 12.4. The molecule has 0 saturated carbocycles. The van der Waals surface area contributed by atoms with E-state index in [-0.39, 0.29) is 24.3 Å². The zero-order valence-corrected chi connectivity index (χ0v) is 18.7. The minimum atomic E-state index is -0.112. The molecule has 0 radical (unpaired) electrons. The number of nitrogen functional groups attached to an aromatic ring is 1. The molecular weight excluding hydrogens is 420 g/mol. The van der Waals surface area contributed by atoms with Crippen LogP contribution in [0, 0.1) is 5.92 Å². The Labute approximate surface area is 193 Å². The van der Waals surface area contributed by atoms with Gasteiger partial charge in [0.25, 0.3) is 0 Å². The van der Waals surface area contributed by atoms with Gasteiger partial charge in [-0.25, -0.2) is 4.98 Å². The Kier molecular flexibility index (Phi) is 6.25. The number of fused-ring (bicyclic) bond motifs is 1. The molecule has 174 valence electrons. The van der Waals surface area contributed by atoms with Crippen LogP contribution in [-0.4, -0.2) is 69.7 Å². The number of amides is 1. The predicted octanol–water partition coefficient (Wildman–Crippen LogP) is 1.69. The average molecular weight is 451 g/mol. The molecule has 4 heterocycles. The van der Waals surface area contributed by atoms with Gasteiger partial charge in [0.05, 0.1) is 19.4 Å². The van der Waals surface area contributed by atoms with Gasteiger partial charge >= 0.3 is 6.01 Å². The Morgan fingerprint density at radius 1 is 1.24 bits per heavy atom. The zero-order valence-electron chi connectivity index (χ0n) is 18.7. The van der Waals surface area contributed by atoms with E-state index < -0.39 is 0 Å². The van der Waals surface area contributed by atoms with Crippen LogP contribution in [0.3, 0.4) is 0 Å². The van der Waals surface area contributed by atoms with Crippen molar-refractivity contribution < 1.29 is 9.53 Å². The Hall–Kier alpha value is -3.40. The second kappa shape index (κ2) is 9.62. The number of nitrogens with zero attached hydrogens (tertiary/aromatic N) is 6. The second-order valence-corrected chi connectivity index (χ2v) is 8.79. The summed E-state index contributed by atoms with van der Waals surface area (Å²) in [7, 11) is 0.